The Morgan fingerprint density at radius 2 is 1.94 bits per heavy atom. The second kappa shape index (κ2) is 11.3. The minimum Gasteiger partial charge on any atom is -0.394 e. The smallest absolute Gasteiger partial charge is 0.247 e. The Morgan fingerprint density at radius 1 is 1.24 bits per heavy atom. The number of rotatable bonds is 13. The molecule has 0 radical (unpaired) electrons. The van der Waals surface area contributed by atoms with Crippen LogP contribution in [-0.4, -0.2) is 92.9 Å². The fourth-order valence-corrected chi connectivity index (χ4v) is 8.36. The standard InChI is InChI=1S/C26H41N3O4S/c1-6-10-11-16-28(15-8-3)25(33)22-26-13-12-19(34-26)20(23(31)27(5)14-7-2)21(26)24(32)29(22)18(9-4)17-30/h7-8,18-22,30H,2-3,6,9-17H2,1,4-5H3/t18-,19-,20+,21-,22?,26?/m0/s1. The molecular formula is C26H41N3O4S. The Bertz CT molecular complexity index is 801. The van der Waals surface area contributed by atoms with E-state index in [1.807, 2.05) is 11.8 Å². The largest absolute Gasteiger partial charge is 0.394 e. The lowest BCUT2D eigenvalue weighted by Crippen LogP contribution is -2.57. The Balaban J connectivity index is 2.02. The molecule has 190 valence electrons. The number of hydrogen-bond donors (Lipinski definition) is 1. The van der Waals surface area contributed by atoms with E-state index in [9.17, 15) is 19.5 Å². The van der Waals surface area contributed by atoms with E-state index in [4.69, 9.17) is 0 Å². The molecule has 1 N–H and O–H groups in total. The third-order valence-corrected chi connectivity index (χ3v) is 9.76. The maximum Gasteiger partial charge on any atom is 0.247 e. The number of hydrogen-bond acceptors (Lipinski definition) is 5. The van der Waals surface area contributed by atoms with Crippen LogP contribution in [0.5, 0.6) is 0 Å². The third kappa shape index (κ3) is 4.43. The van der Waals surface area contributed by atoms with Crippen molar-refractivity contribution in [2.24, 2.45) is 11.8 Å². The van der Waals surface area contributed by atoms with E-state index in [0.717, 1.165) is 32.1 Å². The molecule has 6 atom stereocenters. The van der Waals surface area contributed by atoms with Crippen LogP contribution in [0.4, 0.5) is 0 Å². The highest BCUT2D eigenvalue weighted by Gasteiger charge is 2.74. The van der Waals surface area contributed by atoms with Crippen molar-refractivity contribution in [2.75, 3.05) is 33.3 Å². The number of carbonyl (C=O) groups is 3. The number of likely N-dealkylation sites (N-methyl/N-ethyl adjacent to an activating group) is 1. The van der Waals surface area contributed by atoms with E-state index in [0.29, 0.717) is 26.1 Å². The number of thioether (sulfide) groups is 1. The minimum absolute atomic E-state index is 0.0355. The topological polar surface area (TPSA) is 81.2 Å². The zero-order valence-electron chi connectivity index (χ0n) is 20.9. The highest BCUT2D eigenvalue weighted by atomic mass is 32.2. The van der Waals surface area contributed by atoms with Gasteiger partial charge < -0.3 is 19.8 Å². The molecule has 3 heterocycles. The second-order valence-electron chi connectivity index (χ2n) is 9.83. The molecule has 3 saturated heterocycles. The number of likely N-dealkylation sites (tertiary alicyclic amines) is 1. The van der Waals surface area contributed by atoms with Gasteiger partial charge in [0.05, 0.1) is 29.2 Å². The molecule has 3 aliphatic heterocycles. The average Bonchev–Trinajstić information content (AvgIpc) is 3.46. The molecule has 8 heteroatoms. The van der Waals surface area contributed by atoms with Crippen molar-refractivity contribution in [1.82, 2.24) is 14.7 Å². The molecule has 3 rings (SSSR count). The zero-order chi connectivity index (χ0) is 25.0. The van der Waals surface area contributed by atoms with Crippen LogP contribution in [0.25, 0.3) is 0 Å². The third-order valence-electron chi connectivity index (χ3n) is 7.80. The SMILES string of the molecule is C=CCN(C)C(=O)[C@@H]1[C@@H]2CCC3(S2)C(C(=O)N(CC=C)CCCCC)N([C@@H](CC)CO)C(=O)[C@H]13. The van der Waals surface area contributed by atoms with Crippen LogP contribution in [0.15, 0.2) is 25.3 Å². The van der Waals surface area contributed by atoms with Crippen LogP contribution < -0.4 is 0 Å². The van der Waals surface area contributed by atoms with Crippen molar-refractivity contribution in [2.45, 2.75) is 74.5 Å². The fourth-order valence-electron chi connectivity index (χ4n) is 6.17. The van der Waals surface area contributed by atoms with E-state index >= 15 is 0 Å². The summed E-state index contributed by atoms with van der Waals surface area (Å²) in [4.78, 5) is 46.7. The lowest BCUT2D eigenvalue weighted by Gasteiger charge is -2.39. The molecule has 2 unspecified atom stereocenters. The molecule has 0 aromatic rings. The summed E-state index contributed by atoms with van der Waals surface area (Å²) in [5.41, 5.74) is 0. The lowest BCUT2D eigenvalue weighted by molar-refractivity contribution is -0.146. The summed E-state index contributed by atoms with van der Waals surface area (Å²) in [6.45, 7) is 12.9. The first-order valence-electron chi connectivity index (χ1n) is 12.7. The predicted molar refractivity (Wildman–Crippen MR) is 136 cm³/mol. The van der Waals surface area contributed by atoms with Gasteiger partial charge >= 0.3 is 0 Å². The quantitative estimate of drug-likeness (QED) is 0.317. The van der Waals surface area contributed by atoms with E-state index in [-0.39, 0.29) is 29.6 Å². The fraction of sp³-hybridized carbons (Fsp3) is 0.731. The molecule has 3 amide bonds. The molecule has 3 fully saturated rings. The summed E-state index contributed by atoms with van der Waals surface area (Å²) in [6.07, 6.45) is 8.50. The van der Waals surface area contributed by atoms with Crippen LogP contribution in [0.3, 0.4) is 0 Å². The maximum atomic E-state index is 14.1. The van der Waals surface area contributed by atoms with Gasteiger partial charge in [-0.25, -0.2) is 0 Å². The monoisotopic (exact) mass is 491 g/mol. The second-order valence-corrected chi connectivity index (χ2v) is 11.4. The van der Waals surface area contributed by atoms with Crippen LogP contribution in [0.2, 0.25) is 0 Å². The lowest BCUT2D eigenvalue weighted by atomic mass is 9.70. The first-order valence-corrected chi connectivity index (χ1v) is 13.6. The molecule has 2 bridgehead atoms. The molecule has 3 aliphatic rings. The number of aliphatic hydroxyl groups is 1. The van der Waals surface area contributed by atoms with Gasteiger partial charge in [-0.3, -0.25) is 14.4 Å². The van der Waals surface area contributed by atoms with Gasteiger partial charge in [0.15, 0.2) is 0 Å². The van der Waals surface area contributed by atoms with Gasteiger partial charge in [0.25, 0.3) is 0 Å². The number of fused-ring (bicyclic) bond motifs is 1. The normalized spacial score (nSPS) is 30.2. The van der Waals surface area contributed by atoms with E-state index in [1.165, 1.54) is 0 Å². The van der Waals surface area contributed by atoms with Gasteiger partial charge in [-0.1, -0.05) is 38.8 Å². The predicted octanol–water partition coefficient (Wildman–Crippen LogP) is 2.70. The minimum atomic E-state index is -0.666. The summed E-state index contributed by atoms with van der Waals surface area (Å²) >= 11 is 1.68. The van der Waals surface area contributed by atoms with Crippen molar-refractivity contribution >= 4 is 29.5 Å². The van der Waals surface area contributed by atoms with Crippen LogP contribution in [0, 0.1) is 11.8 Å². The van der Waals surface area contributed by atoms with Crippen molar-refractivity contribution < 1.29 is 19.5 Å². The Morgan fingerprint density at radius 3 is 2.53 bits per heavy atom. The number of nitrogens with zero attached hydrogens (tertiary/aromatic N) is 3. The van der Waals surface area contributed by atoms with Crippen LogP contribution in [-0.2, 0) is 14.4 Å². The summed E-state index contributed by atoms with van der Waals surface area (Å²) in [7, 11) is 1.75. The maximum absolute atomic E-state index is 14.1. The number of carbonyl (C=O) groups excluding carboxylic acids is 3. The van der Waals surface area contributed by atoms with Gasteiger partial charge in [-0.2, -0.15) is 0 Å². The molecule has 0 saturated carbocycles. The van der Waals surface area contributed by atoms with Gasteiger partial charge in [0, 0.05) is 31.9 Å². The van der Waals surface area contributed by atoms with E-state index in [1.54, 1.807) is 40.8 Å². The first kappa shape index (κ1) is 26.8. The summed E-state index contributed by atoms with van der Waals surface area (Å²) < 4.78 is -0.624. The molecular weight excluding hydrogens is 450 g/mol. The van der Waals surface area contributed by atoms with Gasteiger partial charge in [0.1, 0.15) is 6.04 Å². The molecule has 1 spiro atoms. The zero-order valence-corrected chi connectivity index (χ0v) is 21.8. The molecule has 0 aliphatic carbocycles. The highest BCUT2D eigenvalue weighted by molar-refractivity contribution is 8.02. The summed E-state index contributed by atoms with van der Waals surface area (Å²) in [5, 5.41) is 10.2. The van der Waals surface area contributed by atoms with Gasteiger partial charge in [-0.15, -0.1) is 24.9 Å². The Kier molecular flexibility index (Phi) is 8.90. The van der Waals surface area contributed by atoms with Crippen molar-refractivity contribution in [3.8, 4) is 0 Å². The summed E-state index contributed by atoms with van der Waals surface area (Å²) in [5.74, 6) is -1.24. The number of unbranched alkanes of at least 4 members (excludes halogenated alkanes) is 2. The summed E-state index contributed by atoms with van der Waals surface area (Å²) in [6, 6.07) is -1.11. The first-order chi connectivity index (χ1) is 16.3. The Labute approximate surface area is 208 Å². The average molecular weight is 492 g/mol. The Hall–Kier alpha value is -1.80. The van der Waals surface area contributed by atoms with E-state index < -0.39 is 28.7 Å². The number of amides is 3. The van der Waals surface area contributed by atoms with E-state index in [2.05, 4.69) is 20.1 Å². The molecule has 0 aromatic heterocycles. The number of aliphatic hydroxyl groups excluding tert-OH is 1. The van der Waals surface area contributed by atoms with Crippen molar-refractivity contribution in [1.29, 1.82) is 0 Å². The molecule has 34 heavy (non-hydrogen) atoms. The van der Waals surface area contributed by atoms with Gasteiger partial charge in [-0.05, 0) is 25.7 Å². The van der Waals surface area contributed by atoms with Crippen molar-refractivity contribution in [3.05, 3.63) is 25.3 Å². The van der Waals surface area contributed by atoms with Crippen LogP contribution >= 0.6 is 11.8 Å². The molecule has 7 nitrogen and oxygen atoms in total. The molecule has 0 aromatic carbocycles. The highest BCUT2D eigenvalue weighted by Crippen LogP contribution is 2.67. The van der Waals surface area contributed by atoms with Gasteiger partial charge in [0.2, 0.25) is 17.7 Å². The van der Waals surface area contributed by atoms with Crippen LogP contribution in [0.1, 0.15) is 52.4 Å². The van der Waals surface area contributed by atoms with Crippen molar-refractivity contribution in [3.63, 3.8) is 0 Å².